The molecule has 3 N–H and O–H groups in total. The molecule has 0 saturated carbocycles. The molecule has 8 heteroatoms. The summed E-state index contributed by atoms with van der Waals surface area (Å²) >= 11 is 9.18. The molecule has 2 aromatic rings. The molecule has 0 unspecified atom stereocenters. The Kier molecular flexibility index (Phi) is 6.34. The molecule has 0 fully saturated rings. The normalized spacial score (nSPS) is 9.92. The van der Waals surface area contributed by atoms with Crippen LogP contribution in [0.25, 0.3) is 0 Å². The van der Waals surface area contributed by atoms with Crippen molar-refractivity contribution in [2.45, 2.75) is 0 Å². The number of carbonyl (C=O) groups is 3. The molecule has 0 bridgehead atoms. The molecule has 6 nitrogen and oxygen atoms in total. The fraction of sp³-hybridized carbons (Fsp3) is 0.0625. The van der Waals surface area contributed by atoms with E-state index in [0.717, 1.165) is 4.47 Å². The first-order valence-corrected chi connectivity index (χ1v) is 8.02. The van der Waals surface area contributed by atoms with Crippen LogP contribution in [0.4, 0.5) is 11.4 Å². The molecule has 0 radical (unpaired) electrons. The van der Waals surface area contributed by atoms with Crippen LogP contribution in [0.2, 0.25) is 5.02 Å². The average Bonchev–Trinajstić information content (AvgIpc) is 2.57. The van der Waals surface area contributed by atoms with E-state index in [1.807, 2.05) is 0 Å². The van der Waals surface area contributed by atoms with E-state index in [1.165, 1.54) is 0 Å². The number of amides is 3. The standard InChI is InChI=1S/C16H13BrClN3O3/c17-10-5-7-11(8-6-10)20-16(24)15(23)19-9-14(22)21-13-4-2-1-3-12(13)18/h1-8H,9H2,(H,19,23)(H,20,24)(H,21,22). The minimum atomic E-state index is -0.910. The number of rotatable bonds is 4. The van der Waals surface area contributed by atoms with Crippen molar-refractivity contribution >= 4 is 56.6 Å². The molecule has 0 aliphatic heterocycles. The highest BCUT2D eigenvalue weighted by atomic mass is 79.9. The van der Waals surface area contributed by atoms with Gasteiger partial charge in [0.1, 0.15) is 0 Å². The highest BCUT2D eigenvalue weighted by molar-refractivity contribution is 9.10. The van der Waals surface area contributed by atoms with E-state index in [9.17, 15) is 14.4 Å². The summed E-state index contributed by atoms with van der Waals surface area (Å²) in [5.41, 5.74) is 0.900. The summed E-state index contributed by atoms with van der Waals surface area (Å²) in [6.45, 7) is -0.349. The summed E-state index contributed by atoms with van der Waals surface area (Å²) in [6, 6.07) is 13.4. The molecule has 0 aliphatic rings. The van der Waals surface area contributed by atoms with Gasteiger partial charge >= 0.3 is 11.8 Å². The zero-order chi connectivity index (χ0) is 17.5. The zero-order valence-corrected chi connectivity index (χ0v) is 14.6. The summed E-state index contributed by atoms with van der Waals surface area (Å²) in [4.78, 5) is 35.2. The lowest BCUT2D eigenvalue weighted by atomic mass is 10.3. The van der Waals surface area contributed by atoms with Crippen molar-refractivity contribution in [1.82, 2.24) is 5.32 Å². The van der Waals surface area contributed by atoms with Gasteiger partial charge in [-0.2, -0.15) is 0 Å². The fourth-order valence-electron chi connectivity index (χ4n) is 1.72. The Hall–Kier alpha value is -2.38. The number of carbonyl (C=O) groups excluding carboxylic acids is 3. The molecule has 0 spiro atoms. The Bertz CT molecular complexity index is 765. The van der Waals surface area contributed by atoms with Crippen LogP contribution in [0.15, 0.2) is 53.0 Å². The summed E-state index contributed by atoms with van der Waals surface area (Å²) in [6.07, 6.45) is 0. The average molecular weight is 411 g/mol. The number of benzene rings is 2. The SMILES string of the molecule is O=C(CNC(=O)C(=O)Nc1ccc(Br)cc1)Nc1ccccc1Cl. The number of nitrogens with one attached hydrogen (secondary N) is 3. The molecular weight excluding hydrogens is 398 g/mol. The highest BCUT2D eigenvalue weighted by Crippen LogP contribution is 2.20. The number of anilines is 2. The Balaban J connectivity index is 1.81. The first kappa shape index (κ1) is 18.0. The van der Waals surface area contributed by atoms with E-state index in [4.69, 9.17) is 11.6 Å². The second-order valence-corrected chi connectivity index (χ2v) is 5.99. The molecule has 0 heterocycles. The van der Waals surface area contributed by atoms with Crippen molar-refractivity contribution in [3.8, 4) is 0 Å². The monoisotopic (exact) mass is 409 g/mol. The third-order valence-electron chi connectivity index (χ3n) is 2.87. The van der Waals surface area contributed by atoms with Crippen LogP contribution in [0.3, 0.4) is 0 Å². The lowest BCUT2D eigenvalue weighted by Gasteiger charge is -2.08. The minimum absolute atomic E-state index is 0.349. The molecular formula is C16H13BrClN3O3. The van der Waals surface area contributed by atoms with Crippen LogP contribution >= 0.6 is 27.5 Å². The quantitative estimate of drug-likeness (QED) is 0.677. The van der Waals surface area contributed by atoms with Crippen molar-refractivity contribution in [2.75, 3.05) is 17.2 Å². The Morgan fingerprint density at radius 2 is 1.58 bits per heavy atom. The van der Waals surface area contributed by atoms with Crippen LogP contribution in [-0.4, -0.2) is 24.3 Å². The first-order chi connectivity index (χ1) is 11.5. The van der Waals surface area contributed by atoms with Crippen molar-refractivity contribution < 1.29 is 14.4 Å². The van der Waals surface area contributed by atoms with Gasteiger partial charge in [-0.25, -0.2) is 0 Å². The van der Waals surface area contributed by atoms with Gasteiger partial charge < -0.3 is 16.0 Å². The lowest BCUT2D eigenvalue weighted by Crippen LogP contribution is -2.39. The maximum absolute atomic E-state index is 11.8. The van der Waals surface area contributed by atoms with Crippen LogP contribution in [0.5, 0.6) is 0 Å². The second-order valence-electron chi connectivity index (χ2n) is 4.67. The van der Waals surface area contributed by atoms with Crippen molar-refractivity contribution in [2.24, 2.45) is 0 Å². The predicted molar refractivity (Wildman–Crippen MR) is 95.9 cm³/mol. The van der Waals surface area contributed by atoms with E-state index in [2.05, 4.69) is 31.9 Å². The second kappa shape index (κ2) is 8.47. The summed E-state index contributed by atoms with van der Waals surface area (Å²) in [5.74, 6) is -2.26. The topological polar surface area (TPSA) is 87.3 Å². The van der Waals surface area contributed by atoms with Gasteiger partial charge in [-0.15, -0.1) is 0 Å². The molecule has 0 atom stereocenters. The Morgan fingerprint density at radius 3 is 2.25 bits per heavy atom. The van der Waals surface area contributed by atoms with Crippen LogP contribution in [0, 0.1) is 0 Å². The molecule has 3 amide bonds. The van der Waals surface area contributed by atoms with Crippen molar-refractivity contribution in [1.29, 1.82) is 0 Å². The largest absolute Gasteiger partial charge is 0.339 e. The van der Waals surface area contributed by atoms with Crippen LogP contribution in [-0.2, 0) is 14.4 Å². The third kappa shape index (κ3) is 5.36. The van der Waals surface area contributed by atoms with E-state index >= 15 is 0 Å². The van der Waals surface area contributed by atoms with Gasteiger partial charge in [-0.3, -0.25) is 14.4 Å². The fourth-order valence-corrected chi connectivity index (χ4v) is 2.17. The molecule has 0 saturated heterocycles. The van der Waals surface area contributed by atoms with Gasteiger partial charge in [-0.1, -0.05) is 39.7 Å². The van der Waals surface area contributed by atoms with E-state index in [0.29, 0.717) is 16.4 Å². The third-order valence-corrected chi connectivity index (χ3v) is 3.72. The maximum Gasteiger partial charge on any atom is 0.313 e. The summed E-state index contributed by atoms with van der Waals surface area (Å²) in [7, 11) is 0. The van der Waals surface area contributed by atoms with E-state index in [1.54, 1.807) is 48.5 Å². The van der Waals surface area contributed by atoms with Gasteiger partial charge in [0.25, 0.3) is 0 Å². The Morgan fingerprint density at radius 1 is 0.917 bits per heavy atom. The van der Waals surface area contributed by atoms with Crippen LogP contribution in [0.1, 0.15) is 0 Å². The number of halogens is 2. The van der Waals surface area contributed by atoms with Gasteiger partial charge in [0.05, 0.1) is 17.3 Å². The number of hydrogen-bond acceptors (Lipinski definition) is 3. The highest BCUT2D eigenvalue weighted by Gasteiger charge is 2.15. The van der Waals surface area contributed by atoms with Crippen molar-refractivity contribution in [3.63, 3.8) is 0 Å². The molecule has 0 aromatic heterocycles. The molecule has 124 valence electrons. The first-order valence-electron chi connectivity index (χ1n) is 6.85. The summed E-state index contributed by atoms with van der Waals surface area (Å²) < 4.78 is 0.848. The maximum atomic E-state index is 11.8. The molecule has 0 aliphatic carbocycles. The van der Waals surface area contributed by atoms with E-state index < -0.39 is 17.7 Å². The molecule has 24 heavy (non-hydrogen) atoms. The van der Waals surface area contributed by atoms with Gasteiger partial charge in [0.15, 0.2) is 0 Å². The van der Waals surface area contributed by atoms with Crippen molar-refractivity contribution in [3.05, 3.63) is 58.0 Å². The van der Waals surface area contributed by atoms with Crippen LogP contribution < -0.4 is 16.0 Å². The van der Waals surface area contributed by atoms with E-state index in [-0.39, 0.29) is 6.54 Å². The molecule has 2 rings (SSSR count). The van der Waals surface area contributed by atoms with Gasteiger partial charge in [0.2, 0.25) is 5.91 Å². The number of para-hydroxylation sites is 1. The molecule has 2 aromatic carbocycles. The summed E-state index contributed by atoms with van der Waals surface area (Å²) in [5, 5.41) is 7.58. The van der Waals surface area contributed by atoms with Gasteiger partial charge in [0, 0.05) is 10.2 Å². The number of hydrogen-bond donors (Lipinski definition) is 3. The predicted octanol–water partition coefficient (Wildman–Crippen LogP) is 2.80. The minimum Gasteiger partial charge on any atom is -0.339 e. The Labute approximate surface area is 151 Å². The van der Waals surface area contributed by atoms with Gasteiger partial charge in [-0.05, 0) is 36.4 Å². The lowest BCUT2D eigenvalue weighted by molar-refractivity contribution is -0.136. The zero-order valence-electron chi connectivity index (χ0n) is 12.3. The smallest absolute Gasteiger partial charge is 0.313 e.